The lowest BCUT2D eigenvalue weighted by Gasteiger charge is -2.16. The highest BCUT2D eigenvalue weighted by atomic mass is 32.2. The Morgan fingerprint density at radius 1 is 1.36 bits per heavy atom. The van der Waals surface area contributed by atoms with Crippen molar-refractivity contribution in [2.24, 2.45) is 18.5 Å². The van der Waals surface area contributed by atoms with E-state index in [4.69, 9.17) is 21.5 Å². The molecule has 0 aliphatic heterocycles. The molecular weight excluding hydrogens is 438 g/mol. The summed E-state index contributed by atoms with van der Waals surface area (Å²) in [6, 6.07) is 10.3. The zero-order chi connectivity index (χ0) is 23.6. The van der Waals surface area contributed by atoms with Crippen LogP contribution >= 0.6 is 11.8 Å². The van der Waals surface area contributed by atoms with Gasteiger partial charge in [0.05, 0.1) is 16.4 Å². The number of ether oxygens (including phenoxy) is 1. The quantitative estimate of drug-likeness (QED) is 0.512. The molecule has 2 fully saturated rings. The van der Waals surface area contributed by atoms with Gasteiger partial charge in [-0.15, -0.1) is 11.8 Å². The number of amides is 1. The molecule has 5 N–H and O–H groups in total. The Bertz CT molecular complexity index is 1290. The number of aromatic nitrogens is 1. The number of pyridine rings is 1. The second kappa shape index (κ2) is 9.24. The Balaban J connectivity index is 1.53. The first-order valence-electron chi connectivity index (χ1n) is 10.9. The molecule has 0 bridgehead atoms. The fraction of sp³-hybridized carbons (Fsp3) is 0.375. The van der Waals surface area contributed by atoms with E-state index in [1.54, 1.807) is 31.3 Å². The van der Waals surface area contributed by atoms with Gasteiger partial charge in [-0.2, -0.15) is 5.26 Å². The van der Waals surface area contributed by atoms with Crippen LogP contribution in [0.25, 0.3) is 12.1 Å². The number of carbonyl (C=O) groups is 1. The topological polar surface area (TPSA) is 136 Å². The van der Waals surface area contributed by atoms with E-state index in [1.165, 1.54) is 29.7 Å². The summed E-state index contributed by atoms with van der Waals surface area (Å²) in [5, 5.41) is 13.2. The van der Waals surface area contributed by atoms with Gasteiger partial charge < -0.3 is 26.1 Å². The minimum absolute atomic E-state index is 0.0395. The zero-order valence-corrected chi connectivity index (χ0v) is 19.3. The van der Waals surface area contributed by atoms with Gasteiger partial charge in [0.25, 0.3) is 11.5 Å². The van der Waals surface area contributed by atoms with Crippen LogP contribution in [0, 0.1) is 11.3 Å². The van der Waals surface area contributed by atoms with Gasteiger partial charge in [0.1, 0.15) is 17.5 Å². The van der Waals surface area contributed by atoms with Crippen LogP contribution in [-0.4, -0.2) is 27.1 Å². The molecule has 0 unspecified atom stereocenters. The van der Waals surface area contributed by atoms with Crippen molar-refractivity contribution in [3.8, 4) is 6.07 Å². The van der Waals surface area contributed by atoms with Crippen molar-refractivity contribution in [3.63, 3.8) is 0 Å². The van der Waals surface area contributed by atoms with Crippen LogP contribution in [-0.2, 0) is 18.3 Å². The number of hydrogen-bond donors (Lipinski definition) is 3. The van der Waals surface area contributed by atoms with Crippen LogP contribution in [0.4, 0.5) is 0 Å². The Labute approximate surface area is 195 Å². The van der Waals surface area contributed by atoms with Gasteiger partial charge in [0, 0.05) is 30.3 Å². The molecule has 0 radical (unpaired) electrons. The van der Waals surface area contributed by atoms with E-state index in [2.05, 4.69) is 5.32 Å². The van der Waals surface area contributed by atoms with Crippen molar-refractivity contribution in [2.75, 3.05) is 6.61 Å². The van der Waals surface area contributed by atoms with Gasteiger partial charge in [-0.1, -0.05) is 12.1 Å². The number of rotatable bonds is 8. The largest absolute Gasteiger partial charge is 0.476 e. The summed E-state index contributed by atoms with van der Waals surface area (Å²) < 4.78 is 7.33. The average molecular weight is 466 g/mol. The van der Waals surface area contributed by atoms with Crippen LogP contribution in [0.2, 0.25) is 0 Å². The molecule has 9 heteroatoms. The number of thioether (sulfide) groups is 1. The van der Waals surface area contributed by atoms with E-state index in [1.807, 2.05) is 17.8 Å². The minimum Gasteiger partial charge on any atom is -0.476 e. The number of carbonyl (C=O) groups excluding carboxylic acids is 1. The van der Waals surface area contributed by atoms with Crippen LogP contribution in [0.5, 0.6) is 0 Å². The van der Waals surface area contributed by atoms with E-state index in [0.717, 1.165) is 23.7 Å². The van der Waals surface area contributed by atoms with E-state index in [9.17, 15) is 9.59 Å². The number of hydrogen-bond acceptors (Lipinski definition) is 7. The molecule has 1 aromatic heterocycles. The molecule has 2 saturated carbocycles. The summed E-state index contributed by atoms with van der Waals surface area (Å²) >= 11 is 1.98. The third-order valence-electron chi connectivity index (χ3n) is 5.88. The third kappa shape index (κ3) is 5.17. The van der Waals surface area contributed by atoms with Crippen molar-refractivity contribution < 1.29 is 9.53 Å². The lowest BCUT2D eigenvalue weighted by molar-refractivity contribution is 0.0948. The standard InChI is InChI=1S/C24H27N5O3S/c1-29-20(21(27)32-14-24(8-9-24)33-18-6-7-18)17(12-26)10-19(23(29)31)22(30)28-13-16-4-2-15(11-25)3-5-16/h2-5,10,12,18H,6-9,13-14,26-27H2,1H3,(H,28,30)/b17-12-,21-20-. The molecule has 33 heavy (non-hydrogen) atoms. The van der Waals surface area contributed by atoms with Crippen molar-refractivity contribution in [2.45, 2.75) is 42.2 Å². The average Bonchev–Trinajstić information content (AvgIpc) is 3.77. The van der Waals surface area contributed by atoms with E-state index >= 15 is 0 Å². The number of nitrogens with two attached hydrogens (primary N) is 2. The van der Waals surface area contributed by atoms with Gasteiger partial charge in [0.15, 0.2) is 0 Å². The smallest absolute Gasteiger partial charge is 0.263 e. The van der Waals surface area contributed by atoms with Gasteiger partial charge in [-0.25, -0.2) is 0 Å². The minimum atomic E-state index is -0.521. The van der Waals surface area contributed by atoms with E-state index < -0.39 is 11.5 Å². The summed E-state index contributed by atoms with van der Waals surface area (Å²) in [5.41, 5.74) is 12.9. The number of nitrogens with zero attached hydrogens (tertiary/aromatic N) is 2. The summed E-state index contributed by atoms with van der Waals surface area (Å²) in [5.74, 6) is -0.398. The molecule has 8 nitrogen and oxygen atoms in total. The first kappa shape index (κ1) is 22.8. The fourth-order valence-corrected chi connectivity index (χ4v) is 5.13. The van der Waals surface area contributed by atoms with E-state index in [-0.39, 0.29) is 22.7 Å². The summed E-state index contributed by atoms with van der Waals surface area (Å²) in [6.07, 6.45) is 6.06. The predicted octanol–water partition coefficient (Wildman–Crippen LogP) is 0.353. The van der Waals surface area contributed by atoms with Crippen molar-refractivity contribution in [1.29, 1.82) is 5.26 Å². The van der Waals surface area contributed by atoms with Crippen LogP contribution in [0.3, 0.4) is 0 Å². The molecule has 4 rings (SSSR count). The van der Waals surface area contributed by atoms with Crippen molar-refractivity contribution in [1.82, 2.24) is 9.88 Å². The van der Waals surface area contributed by atoms with Crippen LogP contribution in [0.1, 0.15) is 47.2 Å². The van der Waals surface area contributed by atoms with Gasteiger partial charge in [-0.05, 0) is 49.4 Å². The Morgan fingerprint density at radius 2 is 2.06 bits per heavy atom. The maximum Gasteiger partial charge on any atom is 0.263 e. The maximum atomic E-state index is 12.9. The Hall–Kier alpha value is -3.38. The van der Waals surface area contributed by atoms with Gasteiger partial charge in [0.2, 0.25) is 5.88 Å². The van der Waals surface area contributed by atoms with Gasteiger partial charge in [-0.3, -0.25) is 9.59 Å². The maximum absolute atomic E-state index is 12.9. The lowest BCUT2D eigenvalue weighted by atomic mass is 10.1. The first-order valence-corrected chi connectivity index (χ1v) is 11.7. The highest BCUT2D eigenvalue weighted by molar-refractivity contribution is 8.01. The molecular formula is C24H27N5O3S. The summed E-state index contributed by atoms with van der Waals surface area (Å²) in [6.45, 7) is 0.709. The monoisotopic (exact) mass is 465 g/mol. The molecule has 2 aliphatic rings. The van der Waals surface area contributed by atoms with Crippen molar-refractivity contribution in [3.05, 3.63) is 67.9 Å². The molecule has 0 saturated heterocycles. The first-order chi connectivity index (χ1) is 15.9. The van der Waals surface area contributed by atoms with Crippen molar-refractivity contribution >= 4 is 29.8 Å². The predicted molar refractivity (Wildman–Crippen MR) is 128 cm³/mol. The molecule has 2 aliphatic carbocycles. The summed E-state index contributed by atoms with van der Waals surface area (Å²) in [7, 11) is 1.55. The SMILES string of the molecule is Cn1c(=O)c(C(=O)NCc2ccc(C#N)cc2)cc(=C/N)/c1=C(\N)OCC1(SC2CC2)CC1. The highest BCUT2D eigenvalue weighted by Crippen LogP contribution is 2.55. The normalized spacial score (nSPS) is 17.8. The second-order valence-corrected chi connectivity index (χ2v) is 10.3. The zero-order valence-electron chi connectivity index (χ0n) is 18.5. The number of nitriles is 1. The van der Waals surface area contributed by atoms with Gasteiger partial charge >= 0.3 is 0 Å². The fourth-order valence-electron chi connectivity index (χ4n) is 3.59. The number of benzene rings is 1. The Kier molecular flexibility index (Phi) is 6.38. The Morgan fingerprint density at radius 3 is 2.64 bits per heavy atom. The highest BCUT2D eigenvalue weighted by Gasteiger charge is 2.48. The number of nitrogens with one attached hydrogen (secondary N) is 1. The third-order valence-corrected chi connectivity index (χ3v) is 7.71. The molecule has 1 amide bonds. The molecule has 0 atom stereocenters. The molecule has 172 valence electrons. The molecule has 1 aromatic carbocycles. The summed E-state index contributed by atoms with van der Waals surface area (Å²) in [4.78, 5) is 25.7. The lowest BCUT2D eigenvalue weighted by Crippen LogP contribution is -2.48. The van der Waals surface area contributed by atoms with Crippen LogP contribution in [0.15, 0.2) is 35.1 Å². The van der Waals surface area contributed by atoms with E-state index in [0.29, 0.717) is 22.7 Å². The van der Waals surface area contributed by atoms with Crippen LogP contribution < -0.4 is 32.9 Å². The molecule has 2 aromatic rings. The second-order valence-electron chi connectivity index (χ2n) is 8.54. The molecule has 1 heterocycles. The molecule has 0 spiro atoms.